The van der Waals surface area contributed by atoms with E-state index in [1.165, 1.54) is 0 Å². The maximum Gasteiger partial charge on any atom is 0.254 e. The molecular formula is C15H17N7O2. The monoisotopic (exact) mass is 327 g/mol. The third-order valence-electron chi connectivity index (χ3n) is 4.34. The number of aliphatic hydroxyl groups is 1. The fraction of sp³-hybridized carbons (Fsp3) is 0.400. The number of aromatic amines is 1. The number of piperidine rings is 1. The van der Waals surface area contributed by atoms with Crippen molar-refractivity contribution < 1.29 is 9.90 Å². The summed E-state index contributed by atoms with van der Waals surface area (Å²) >= 11 is 0. The molecule has 9 heteroatoms. The number of aromatic nitrogens is 6. The molecular weight excluding hydrogens is 310 g/mol. The summed E-state index contributed by atoms with van der Waals surface area (Å²) in [6, 6.07) is 5.39. The normalized spacial score (nSPS) is 18.2. The molecule has 0 spiro atoms. The molecule has 0 bridgehead atoms. The summed E-state index contributed by atoms with van der Waals surface area (Å²) in [7, 11) is 0. The van der Waals surface area contributed by atoms with Gasteiger partial charge in [-0.3, -0.25) is 4.79 Å². The second kappa shape index (κ2) is 6.00. The molecule has 1 unspecified atom stereocenters. The van der Waals surface area contributed by atoms with Crippen LogP contribution >= 0.6 is 0 Å². The number of likely N-dealkylation sites (tertiary alicyclic amines) is 1. The molecule has 3 heterocycles. The smallest absolute Gasteiger partial charge is 0.254 e. The Morgan fingerprint density at radius 2 is 2.21 bits per heavy atom. The van der Waals surface area contributed by atoms with E-state index in [1.807, 2.05) is 4.90 Å². The van der Waals surface area contributed by atoms with Crippen LogP contribution in [0.4, 0.5) is 0 Å². The van der Waals surface area contributed by atoms with Gasteiger partial charge in [0.1, 0.15) is 16.7 Å². The highest BCUT2D eigenvalue weighted by Gasteiger charge is 2.26. The number of H-pyrrole nitrogens is 1. The standard InChI is InChI=1S/C15H17N7O2/c23-9-11-7-22(20-16-11)12-2-1-5-21(8-12)15(24)10-3-4-13-14(6-10)18-19-17-13/h3-4,6-7,12,23H,1-2,5,8-9H2,(H,17,18,19). The first kappa shape index (κ1) is 14.8. The van der Waals surface area contributed by atoms with Crippen LogP contribution < -0.4 is 0 Å². The van der Waals surface area contributed by atoms with Crippen LogP contribution in [0.3, 0.4) is 0 Å². The van der Waals surface area contributed by atoms with Crippen molar-refractivity contribution in [3.05, 3.63) is 35.7 Å². The fourth-order valence-electron chi connectivity index (χ4n) is 3.08. The molecule has 3 aromatic rings. The number of rotatable bonds is 3. The molecule has 2 N–H and O–H groups in total. The second-order valence-electron chi connectivity index (χ2n) is 5.92. The molecule has 1 amide bonds. The van der Waals surface area contributed by atoms with Gasteiger partial charge in [0.15, 0.2) is 0 Å². The Balaban J connectivity index is 1.53. The van der Waals surface area contributed by atoms with Gasteiger partial charge in [0, 0.05) is 18.7 Å². The number of nitrogens with zero attached hydrogens (tertiary/aromatic N) is 6. The third kappa shape index (κ3) is 2.62. The lowest BCUT2D eigenvalue weighted by atomic mass is 10.0. The summed E-state index contributed by atoms with van der Waals surface area (Å²) in [6.07, 6.45) is 3.57. The Morgan fingerprint density at radius 3 is 3.04 bits per heavy atom. The second-order valence-corrected chi connectivity index (χ2v) is 5.92. The summed E-state index contributed by atoms with van der Waals surface area (Å²) in [6.45, 7) is 1.16. The van der Waals surface area contributed by atoms with E-state index in [-0.39, 0.29) is 18.6 Å². The average Bonchev–Trinajstić information content (AvgIpc) is 3.29. The van der Waals surface area contributed by atoms with E-state index in [2.05, 4.69) is 25.7 Å². The van der Waals surface area contributed by atoms with Gasteiger partial charge in [-0.05, 0) is 31.0 Å². The van der Waals surface area contributed by atoms with Crippen LogP contribution in [-0.4, -0.2) is 59.4 Å². The molecule has 4 rings (SSSR count). The molecule has 0 saturated carbocycles. The van der Waals surface area contributed by atoms with Gasteiger partial charge in [0.2, 0.25) is 0 Å². The number of carbonyl (C=O) groups excluding carboxylic acids is 1. The van der Waals surface area contributed by atoms with E-state index in [0.717, 1.165) is 18.4 Å². The van der Waals surface area contributed by atoms with Crippen molar-refractivity contribution in [2.75, 3.05) is 13.1 Å². The minimum absolute atomic E-state index is 0.0212. The maximum atomic E-state index is 12.8. The lowest BCUT2D eigenvalue weighted by molar-refractivity contribution is 0.0672. The summed E-state index contributed by atoms with van der Waals surface area (Å²) in [5.41, 5.74) is 2.56. The quantitative estimate of drug-likeness (QED) is 0.725. The Kier molecular flexibility index (Phi) is 3.69. The molecule has 0 aliphatic carbocycles. The largest absolute Gasteiger partial charge is 0.390 e. The van der Waals surface area contributed by atoms with E-state index < -0.39 is 0 Å². The van der Waals surface area contributed by atoms with Gasteiger partial charge in [-0.25, -0.2) is 4.68 Å². The highest BCUT2D eigenvalue weighted by atomic mass is 16.3. The Bertz CT molecular complexity index is 871. The highest BCUT2D eigenvalue weighted by molar-refractivity contribution is 5.97. The van der Waals surface area contributed by atoms with E-state index in [4.69, 9.17) is 5.11 Å². The number of nitrogens with one attached hydrogen (secondary N) is 1. The zero-order chi connectivity index (χ0) is 16.5. The lowest BCUT2D eigenvalue weighted by Gasteiger charge is -2.32. The molecule has 9 nitrogen and oxygen atoms in total. The van der Waals surface area contributed by atoms with Crippen LogP contribution in [0.25, 0.3) is 11.0 Å². The van der Waals surface area contributed by atoms with Gasteiger partial charge in [0.05, 0.1) is 18.8 Å². The van der Waals surface area contributed by atoms with Crippen LogP contribution in [0.15, 0.2) is 24.4 Å². The predicted molar refractivity (Wildman–Crippen MR) is 84.0 cm³/mol. The molecule has 2 aromatic heterocycles. The first-order chi connectivity index (χ1) is 11.7. The number of amides is 1. The van der Waals surface area contributed by atoms with Crippen molar-refractivity contribution in [2.24, 2.45) is 0 Å². The number of hydrogen-bond acceptors (Lipinski definition) is 6. The number of carbonyl (C=O) groups is 1. The number of aliphatic hydroxyl groups excluding tert-OH is 1. The molecule has 24 heavy (non-hydrogen) atoms. The van der Waals surface area contributed by atoms with Gasteiger partial charge in [-0.1, -0.05) is 5.21 Å². The summed E-state index contributed by atoms with van der Waals surface area (Å²) < 4.78 is 1.74. The third-order valence-corrected chi connectivity index (χ3v) is 4.34. The first-order valence-electron chi connectivity index (χ1n) is 7.86. The Morgan fingerprint density at radius 1 is 1.33 bits per heavy atom. The number of fused-ring (bicyclic) bond motifs is 1. The topological polar surface area (TPSA) is 113 Å². The summed E-state index contributed by atoms with van der Waals surface area (Å²) in [5, 5.41) is 27.7. The van der Waals surface area contributed by atoms with Crippen molar-refractivity contribution >= 4 is 16.9 Å². The minimum atomic E-state index is -0.132. The number of hydrogen-bond donors (Lipinski definition) is 2. The molecule has 1 aliphatic heterocycles. The molecule has 0 radical (unpaired) electrons. The molecule has 124 valence electrons. The minimum Gasteiger partial charge on any atom is -0.390 e. The van der Waals surface area contributed by atoms with Crippen molar-refractivity contribution in [3.63, 3.8) is 0 Å². The van der Waals surface area contributed by atoms with Gasteiger partial charge in [-0.2, -0.15) is 15.4 Å². The molecule has 1 saturated heterocycles. The zero-order valence-electron chi connectivity index (χ0n) is 13.0. The first-order valence-corrected chi connectivity index (χ1v) is 7.86. The van der Waals surface area contributed by atoms with E-state index >= 15 is 0 Å². The zero-order valence-corrected chi connectivity index (χ0v) is 13.0. The van der Waals surface area contributed by atoms with Gasteiger partial charge >= 0.3 is 0 Å². The maximum absolute atomic E-state index is 12.8. The number of benzene rings is 1. The lowest BCUT2D eigenvalue weighted by Crippen LogP contribution is -2.40. The molecule has 1 aliphatic rings. The van der Waals surface area contributed by atoms with Crippen molar-refractivity contribution in [2.45, 2.75) is 25.5 Å². The van der Waals surface area contributed by atoms with Crippen molar-refractivity contribution in [1.29, 1.82) is 0 Å². The van der Waals surface area contributed by atoms with Crippen LogP contribution in [-0.2, 0) is 6.61 Å². The summed E-state index contributed by atoms with van der Waals surface area (Å²) in [4.78, 5) is 14.6. The molecule has 1 fully saturated rings. The summed E-state index contributed by atoms with van der Waals surface area (Å²) in [5.74, 6) is -0.0212. The Hall–Kier alpha value is -2.81. The van der Waals surface area contributed by atoms with Crippen LogP contribution in [0.2, 0.25) is 0 Å². The van der Waals surface area contributed by atoms with Crippen molar-refractivity contribution in [1.82, 2.24) is 35.3 Å². The van der Waals surface area contributed by atoms with Gasteiger partial charge in [-0.15, -0.1) is 5.10 Å². The van der Waals surface area contributed by atoms with Crippen LogP contribution in [0, 0.1) is 0 Å². The van der Waals surface area contributed by atoms with Crippen LogP contribution in [0.5, 0.6) is 0 Å². The predicted octanol–water partition coefficient (Wildman–Crippen LogP) is 0.519. The fourth-order valence-corrected chi connectivity index (χ4v) is 3.08. The SMILES string of the molecule is O=C(c1ccc2n[nH]nc2c1)N1CCCC(n2cc(CO)nn2)C1. The van der Waals surface area contributed by atoms with Crippen LogP contribution in [0.1, 0.15) is 34.9 Å². The Labute approximate surface area is 137 Å². The molecule has 1 aromatic carbocycles. The molecule has 1 atom stereocenters. The van der Waals surface area contributed by atoms with E-state index in [1.54, 1.807) is 29.1 Å². The highest BCUT2D eigenvalue weighted by Crippen LogP contribution is 2.23. The van der Waals surface area contributed by atoms with Gasteiger partial charge in [0.25, 0.3) is 5.91 Å². The van der Waals surface area contributed by atoms with E-state index in [9.17, 15) is 4.79 Å². The van der Waals surface area contributed by atoms with Gasteiger partial charge < -0.3 is 10.0 Å². The average molecular weight is 327 g/mol. The van der Waals surface area contributed by atoms with Crippen molar-refractivity contribution in [3.8, 4) is 0 Å². The van der Waals surface area contributed by atoms with E-state index in [0.29, 0.717) is 29.9 Å².